The summed E-state index contributed by atoms with van der Waals surface area (Å²) in [5, 5.41) is 9.20. The monoisotopic (exact) mass is 245 g/mol. The quantitative estimate of drug-likeness (QED) is 0.588. The lowest BCUT2D eigenvalue weighted by atomic mass is 10.2. The van der Waals surface area contributed by atoms with Gasteiger partial charge in [0, 0.05) is 11.3 Å². The molecule has 0 aliphatic carbocycles. The lowest BCUT2D eigenvalue weighted by molar-refractivity contribution is 0.100. The van der Waals surface area contributed by atoms with Crippen molar-refractivity contribution < 1.29 is 9.59 Å². The van der Waals surface area contributed by atoms with E-state index in [1.807, 2.05) is 0 Å². The maximum Gasteiger partial charge on any atom is 0.256 e. The third-order valence-electron chi connectivity index (χ3n) is 2.35. The normalized spacial score (nSPS) is 10.0. The van der Waals surface area contributed by atoms with Gasteiger partial charge in [0.25, 0.3) is 5.91 Å². The summed E-state index contributed by atoms with van der Waals surface area (Å²) < 4.78 is 0. The van der Waals surface area contributed by atoms with E-state index < -0.39 is 5.91 Å². The highest BCUT2D eigenvalue weighted by Crippen LogP contribution is 2.22. The summed E-state index contributed by atoms with van der Waals surface area (Å²) >= 11 is 0. The fourth-order valence-corrected chi connectivity index (χ4v) is 1.48. The third kappa shape index (κ3) is 2.14. The molecule has 92 valence electrons. The third-order valence-corrected chi connectivity index (χ3v) is 2.35. The number of hydrogen-bond acceptors (Lipinski definition) is 5. The lowest BCUT2D eigenvalue weighted by Gasteiger charge is -2.04. The Labute approximate surface area is 102 Å². The molecule has 7 nitrogen and oxygen atoms in total. The molecular formula is C11H11N5O2. The summed E-state index contributed by atoms with van der Waals surface area (Å²) in [6, 6.07) is 6.63. The standard InChI is InChI=1S/C11H11N5O2/c12-9-8(10(13)18)11(16-15-9)14-7-3-1-6(5-17)2-4-7/h1-5H,(H2,13,18)(H4,12,14,15,16). The Morgan fingerprint density at radius 3 is 2.56 bits per heavy atom. The van der Waals surface area contributed by atoms with E-state index in [0.29, 0.717) is 11.3 Å². The molecule has 0 aliphatic heterocycles. The Bertz CT molecular complexity index is 588. The summed E-state index contributed by atoms with van der Waals surface area (Å²) in [6.07, 6.45) is 0.741. The van der Waals surface area contributed by atoms with Crippen molar-refractivity contribution in [3.8, 4) is 0 Å². The number of aldehydes is 1. The number of hydrogen-bond donors (Lipinski definition) is 4. The van der Waals surface area contributed by atoms with Gasteiger partial charge in [0.15, 0.2) is 5.82 Å². The summed E-state index contributed by atoms with van der Waals surface area (Å²) in [5.74, 6) is -0.318. The number of nitrogens with two attached hydrogens (primary N) is 2. The largest absolute Gasteiger partial charge is 0.383 e. The van der Waals surface area contributed by atoms with Crippen molar-refractivity contribution in [1.29, 1.82) is 0 Å². The van der Waals surface area contributed by atoms with Crippen LogP contribution in [-0.2, 0) is 0 Å². The predicted molar refractivity (Wildman–Crippen MR) is 66.6 cm³/mol. The minimum absolute atomic E-state index is 0.106. The highest BCUT2D eigenvalue weighted by molar-refractivity contribution is 6.02. The van der Waals surface area contributed by atoms with E-state index in [-0.39, 0.29) is 17.2 Å². The molecule has 0 unspecified atom stereocenters. The minimum Gasteiger partial charge on any atom is -0.383 e. The van der Waals surface area contributed by atoms with Gasteiger partial charge in [-0.15, -0.1) is 0 Å². The molecule has 1 heterocycles. The first-order valence-corrected chi connectivity index (χ1v) is 5.07. The van der Waals surface area contributed by atoms with Crippen molar-refractivity contribution in [2.45, 2.75) is 0 Å². The number of H-pyrrole nitrogens is 1. The summed E-state index contributed by atoms with van der Waals surface area (Å²) in [4.78, 5) is 21.7. The molecule has 6 N–H and O–H groups in total. The molecule has 0 saturated carbocycles. The topological polar surface area (TPSA) is 127 Å². The number of nitrogens with zero attached hydrogens (tertiary/aromatic N) is 1. The number of rotatable bonds is 4. The zero-order chi connectivity index (χ0) is 13.1. The molecule has 0 bridgehead atoms. The van der Waals surface area contributed by atoms with Crippen LogP contribution in [0.3, 0.4) is 0 Å². The first-order chi connectivity index (χ1) is 8.61. The number of nitrogens with one attached hydrogen (secondary N) is 2. The van der Waals surface area contributed by atoms with Gasteiger partial charge in [0.2, 0.25) is 0 Å². The Balaban J connectivity index is 2.28. The van der Waals surface area contributed by atoms with Crippen LogP contribution in [-0.4, -0.2) is 22.4 Å². The van der Waals surface area contributed by atoms with Crippen LogP contribution in [0, 0.1) is 0 Å². The maximum atomic E-state index is 11.2. The van der Waals surface area contributed by atoms with Crippen LogP contribution in [0.2, 0.25) is 0 Å². The molecule has 2 aromatic rings. The van der Waals surface area contributed by atoms with Gasteiger partial charge in [-0.1, -0.05) is 0 Å². The first-order valence-electron chi connectivity index (χ1n) is 5.07. The smallest absolute Gasteiger partial charge is 0.256 e. The van der Waals surface area contributed by atoms with Crippen LogP contribution in [0.4, 0.5) is 17.3 Å². The summed E-state index contributed by atoms with van der Waals surface area (Å²) in [6.45, 7) is 0. The van der Waals surface area contributed by atoms with E-state index >= 15 is 0 Å². The van der Waals surface area contributed by atoms with E-state index in [0.717, 1.165) is 6.29 Å². The number of nitrogen functional groups attached to an aromatic ring is 1. The molecule has 0 fully saturated rings. The van der Waals surface area contributed by atoms with Crippen molar-refractivity contribution in [3.05, 3.63) is 35.4 Å². The fraction of sp³-hybridized carbons (Fsp3) is 0. The minimum atomic E-state index is -0.673. The van der Waals surface area contributed by atoms with E-state index in [4.69, 9.17) is 11.5 Å². The average molecular weight is 245 g/mol. The van der Waals surface area contributed by atoms with Gasteiger partial charge in [0.1, 0.15) is 17.7 Å². The molecule has 0 saturated heterocycles. The van der Waals surface area contributed by atoms with Crippen LogP contribution in [0.1, 0.15) is 20.7 Å². The van der Waals surface area contributed by atoms with Crippen LogP contribution in [0.5, 0.6) is 0 Å². The molecule has 2 rings (SSSR count). The van der Waals surface area contributed by atoms with Gasteiger partial charge in [-0.25, -0.2) is 0 Å². The van der Waals surface area contributed by atoms with Crippen molar-refractivity contribution in [2.75, 3.05) is 11.1 Å². The Morgan fingerprint density at radius 2 is 2.00 bits per heavy atom. The molecule has 0 aliphatic rings. The molecule has 0 radical (unpaired) electrons. The van der Waals surface area contributed by atoms with E-state index in [1.165, 1.54) is 0 Å². The Kier molecular flexibility index (Phi) is 2.96. The Hall–Kier alpha value is -2.83. The molecule has 18 heavy (non-hydrogen) atoms. The molecular weight excluding hydrogens is 234 g/mol. The number of carbonyl (C=O) groups excluding carboxylic acids is 2. The van der Waals surface area contributed by atoms with Crippen LogP contribution in [0.15, 0.2) is 24.3 Å². The van der Waals surface area contributed by atoms with Gasteiger partial charge in [-0.3, -0.25) is 14.7 Å². The van der Waals surface area contributed by atoms with Crippen LogP contribution >= 0.6 is 0 Å². The SMILES string of the molecule is NC(=O)c1c(Nc2ccc(C=O)cc2)n[nH]c1N. The highest BCUT2D eigenvalue weighted by Gasteiger charge is 2.16. The molecule has 1 aromatic heterocycles. The number of benzene rings is 1. The number of aromatic amines is 1. The van der Waals surface area contributed by atoms with Gasteiger partial charge >= 0.3 is 0 Å². The maximum absolute atomic E-state index is 11.2. The number of amides is 1. The van der Waals surface area contributed by atoms with Crippen LogP contribution in [0.25, 0.3) is 0 Å². The van der Waals surface area contributed by atoms with Crippen molar-refractivity contribution in [1.82, 2.24) is 10.2 Å². The molecule has 1 aromatic carbocycles. The van der Waals surface area contributed by atoms with Crippen LogP contribution < -0.4 is 16.8 Å². The molecule has 7 heteroatoms. The molecule has 0 spiro atoms. The highest BCUT2D eigenvalue weighted by atomic mass is 16.1. The average Bonchev–Trinajstić information content (AvgIpc) is 2.71. The predicted octanol–water partition coefficient (Wildman–Crippen LogP) is 0.647. The first kappa shape index (κ1) is 11.6. The van der Waals surface area contributed by atoms with E-state index in [2.05, 4.69) is 15.5 Å². The van der Waals surface area contributed by atoms with Crippen molar-refractivity contribution >= 4 is 29.5 Å². The second-order valence-electron chi connectivity index (χ2n) is 3.59. The molecule has 0 atom stereocenters. The van der Waals surface area contributed by atoms with Crippen molar-refractivity contribution in [2.24, 2.45) is 5.73 Å². The van der Waals surface area contributed by atoms with Gasteiger partial charge in [-0.2, -0.15) is 5.10 Å². The number of primary amides is 1. The molecule has 1 amide bonds. The van der Waals surface area contributed by atoms with Gasteiger partial charge < -0.3 is 16.8 Å². The van der Waals surface area contributed by atoms with E-state index in [9.17, 15) is 9.59 Å². The zero-order valence-corrected chi connectivity index (χ0v) is 9.31. The summed E-state index contributed by atoms with van der Waals surface area (Å²) in [5.41, 5.74) is 12.1. The van der Waals surface area contributed by atoms with Crippen molar-refractivity contribution in [3.63, 3.8) is 0 Å². The number of aromatic nitrogens is 2. The van der Waals surface area contributed by atoms with Gasteiger partial charge in [-0.05, 0) is 24.3 Å². The van der Waals surface area contributed by atoms with Gasteiger partial charge in [0.05, 0.1) is 0 Å². The number of anilines is 3. The lowest BCUT2D eigenvalue weighted by Crippen LogP contribution is -2.14. The summed E-state index contributed by atoms with van der Waals surface area (Å²) in [7, 11) is 0. The second kappa shape index (κ2) is 4.58. The number of carbonyl (C=O) groups is 2. The second-order valence-corrected chi connectivity index (χ2v) is 3.59. The Morgan fingerprint density at radius 1 is 1.33 bits per heavy atom. The fourth-order valence-electron chi connectivity index (χ4n) is 1.48. The zero-order valence-electron chi connectivity index (χ0n) is 9.31. The van der Waals surface area contributed by atoms with E-state index in [1.54, 1.807) is 24.3 Å².